The van der Waals surface area contributed by atoms with Gasteiger partial charge in [0.2, 0.25) is 5.65 Å². The third-order valence-electron chi connectivity index (χ3n) is 6.74. The minimum absolute atomic E-state index is 0.182. The normalized spacial score (nSPS) is 14.5. The highest BCUT2D eigenvalue weighted by Crippen LogP contribution is 2.17. The maximum absolute atomic E-state index is 13.0. The van der Waals surface area contributed by atoms with Crippen LogP contribution in [0.1, 0.15) is 47.1 Å². The van der Waals surface area contributed by atoms with E-state index in [2.05, 4.69) is 44.5 Å². The molecule has 1 fully saturated rings. The van der Waals surface area contributed by atoms with E-state index in [1.165, 1.54) is 5.56 Å². The van der Waals surface area contributed by atoms with Crippen molar-refractivity contribution in [3.8, 4) is 0 Å². The van der Waals surface area contributed by atoms with Gasteiger partial charge in [0, 0.05) is 31.6 Å². The van der Waals surface area contributed by atoms with Crippen LogP contribution < -0.4 is 10.9 Å². The molecule has 0 unspecified atom stereocenters. The van der Waals surface area contributed by atoms with Crippen molar-refractivity contribution < 1.29 is 9.53 Å². The van der Waals surface area contributed by atoms with Crippen molar-refractivity contribution in [1.82, 2.24) is 29.8 Å². The third kappa shape index (κ3) is 5.17. The number of hydrogen-bond acceptors (Lipinski definition) is 6. The Kier molecular flexibility index (Phi) is 7.39. The van der Waals surface area contributed by atoms with E-state index in [-0.39, 0.29) is 17.1 Å². The summed E-state index contributed by atoms with van der Waals surface area (Å²) in [5, 5.41) is 11.3. The Hall–Kier alpha value is -3.56. The van der Waals surface area contributed by atoms with Gasteiger partial charge in [-0.3, -0.25) is 18.9 Å². The van der Waals surface area contributed by atoms with E-state index in [4.69, 9.17) is 4.74 Å². The minimum atomic E-state index is -0.319. The number of ether oxygens (including phenoxy) is 1. The molecule has 1 aliphatic heterocycles. The first kappa shape index (κ1) is 24.1. The molecule has 4 aromatic rings. The number of fused-ring (bicyclic) bond motifs is 3. The number of nitrogens with one attached hydrogen (secondary N) is 2. The maximum atomic E-state index is 13.0. The first-order chi connectivity index (χ1) is 17.6. The highest BCUT2D eigenvalue weighted by atomic mass is 16.5. The molecule has 2 N–H and O–H groups in total. The van der Waals surface area contributed by atoms with E-state index in [9.17, 15) is 9.59 Å². The van der Waals surface area contributed by atoms with Gasteiger partial charge in [0.25, 0.3) is 11.5 Å². The molecule has 9 heteroatoms. The van der Waals surface area contributed by atoms with Crippen molar-refractivity contribution in [2.75, 3.05) is 32.8 Å². The zero-order chi connectivity index (χ0) is 24.9. The predicted octanol–water partition coefficient (Wildman–Crippen LogP) is 2.72. The largest absolute Gasteiger partial charge is 0.379 e. The van der Waals surface area contributed by atoms with Crippen molar-refractivity contribution in [2.24, 2.45) is 0 Å². The summed E-state index contributed by atoms with van der Waals surface area (Å²) in [6, 6.07) is 13.6. The highest BCUT2D eigenvalue weighted by Gasteiger charge is 2.15. The SMILES string of the molecule is CCCc1nnc2c(=O)[nH]c3cc(C(=O)NCc4ccccc4CCCN4CCOCC4)ccc3n12. The number of aromatic nitrogens is 4. The van der Waals surface area contributed by atoms with Gasteiger partial charge in [0.05, 0.1) is 24.2 Å². The Morgan fingerprint density at radius 3 is 2.69 bits per heavy atom. The number of morpholine rings is 1. The van der Waals surface area contributed by atoms with Gasteiger partial charge in [0.1, 0.15) is 5.82 Å². The molecule has 1 amide bonds. The number of benzene rings is 2. The van der Waals surface area contributed by atoms with Crippen LogP contribution in [0.5, 0.6) is 0 Å². The Labute approximate surface area is 209 Å². The molecule has 0 saturated carbocycles. The van der Waals surface area contributed by atoms with Crippen LogP contribution in [0.3, 0.4) is 0 Å². The van der Waals surface area contributed by atoms with E-state index in [0.717, 1.165) is 69.0 Å². The molecule has 0 radical (unpaired) electrons. The summed E-state index contributed by atoms with van der Waals surface area (Å²) in [5.41, 5.74) is 4.19. The second kappa shape index (κ2) is 11.0. The first-order valence-electron chi connectivity index (χ1n) is 12.7. The quantitative estimate of drug-likeness (QED) is 0.375. The molecule has 0 aliphatic carbocycles. The number of nitrogens with zero attached hydrogens (tertiary/aromatic N) is 4. The number of carbonyl (C=O) groups is 1. The molecule has 3 heterocycles. The topological polar surface area (TPSA) is 105 Å². The van der Waals surface area contributed by atoms with E-state index in [1.807, 2.05) is 18.2 Å². The van der Waals surface area contributed by atoms with Gasteiger partial charge >= 0.3 is 0 Å². The Bertz CT molecular complexity index is 1420. The Morgan fingerprint density at radius 2 is 1.89 bits per heavy atom. The molecule has 0 spiro atoms. The third-order valence-corrected chi connectivity index (χ3v) is 6.74. The minimum Gasteiger partial charge on any atom is -0.379 e. The van der Waals surface area contributed by atoms with Gasteiger partial charge in [-0.15, -0.1) is 10.2 Å². The predicted molar refractivity (Wildman–Crippen MR) is 138 cm³/mol. The number of amides is 1. The molecule has 0 atom stereocenters. The second-order valence-corrected chi connectivity index (χ2v) is 9.22. The fourth-order valence-electron chi connectivity index (χ4n) is 4.82. The van der Waals surface area contributed by atoms with E-state index >= 15 is 0 Å². The second-order valence-electron chi connectivity index (χ2n) is 9.22. The molecule has 36 heavy (non-hydrogen) atoms. The molecule has 2 aromatic carbocycles. The smallest absolute Gasteiger partial charge is 0.294 e. The average Bonchev–Trinajstić information content (AvgIpc) is 3.33. The van der Waals surface area contributed by atoms with E-state index in [0.29, 0.717) is 24.0 Å². The van der Waals surface area contributed by atoms with Crippen LogP contribution in [0.2, 0.25) is 0 Å². The number of carbonyl (C=O) groups excluding carboxylic acids is 1. The van der Waals surface area contributed by atoms with Crippen LogP contribution in [0, 0.1) is 0 Å². The monoisotopic (exact) mass is 488 g/mol. The van der Waals surface area contributed by atoms with Crippen LogP contribution in [-0.2, 0) is 24.1 Å². The van der Waals surface area contributed by atoms with Gasteiger partial charge in [-0.25, -0.2) is 0 Å². The first-order valence-corrected chi connectivity index (χ1v) is 12.7. The summed E-state index contributed by atoms with van der Waals surface area (Å²) >= 11 is 0. The van der Waals surface area contributed by atoms with Crippen molar-refractivity contribution in [3.63, 3.8) is 0 Å². The van der Waals surface area contributed by atoms with Gasteiger partial charge < -0.3 is 15.0 Å². The number of aromatic amines is 1. The number of rotatable bonds is 9. The molecule has 1 aliphatic rings. The molecular formula is C27H32N6O3. The van der Waals surface area contributed by atoms with Crippen molar-refractivity contribution in [1.29, 1.82) is 0 Å². The highest BCUT2D eigenvalue weighted by molar-refractivity contribution is 5.97. The molecule has 9 nitrogen and oxygen atoms in total. The standard InChI is InChI=1S/C27H32N6O3/c1-2-6-24-30-31-25-27(35)29-22-17-20(10-11-23(22)33(24)25)26(34)28-18-21-8-4-3-7-19(21)9-5-12-32-13-15-36-16-14-32/h3-4,7-8,10-11,17H,2,5-6,9,12-16,18H2,1H3,(H,28,34)(H,29,35). The zero-order valence-corrected chi connectivity index (χ0v) is 20.6. The fraction of sp³-hybridized carbons (Fsp3) is 0.407. The van der Waals surface area contributed by atoms with Crippen molar-refractivity contribution in [2.45, 2.75) is 39.2 Å². The Balaban J connectivity index is 1.28. The van der Waals surface area contributed by atoms with Crippen LogP contribution in [0.25, 0.3) is 16.7 Å². The lowest BCUT2D eigenvalue weighted by Gasteiger charge is -2.26. The molecule has 188 valence electrons. The fourth-order valence-corrected chi connectivity index (χ4v) is 4.82. The van der Waals surface area contributed by atoms with Crippen LogP contribution in [-0.4, -0.2) is 63.2 Å². The number of H-pyrrole nitrogens is 1. The van der Waals surface area contributed by atoms with Crippen LogP contribution in [0.4, 0.5) is 0 Å². The summed E-state index contributed by atoms with van der Waals surface area (Å²) in [7, 11) is 0. The molecular weight excluding hydrogens is 456 g/mol. The van der Waals surface area contributed by atoms with Crippen molar-refractivity contribution >= 4 is 22.6 Å². The van der Waals surface area contributed by atoms with Crippen LogP contribution >= 0.6 is 0 Å². The summed E-state index contributed by atoms with van der Waals surface area (Å²) in [4.78, 5) is 30.8. The van der Waals surface area contributed by atoms with Gasteiger partial charge in [0.15, 0.2) is 0 Å². The number of aryl methyl sites for hydroxylation is 2. The maximum Gasteiger partial charge on any atom is 0.294 e. The number of hydrogen-bond donors (Lipinski definition) is 2. The zero-order valence-electron chi connectivity index (χ0n) is 20.6. The van der Waals surface area contributed by atoms with Crippen LogP contribution in [0.15, 0.2) is 47.3 Å². The lowest BCUT2D eigenvalue weighted by molar-refractivity contribution is 0.0374. The summed E-state index contributed by atoms with van der Waals surface area (Å²) < 4.78 is 7.21. The van der Waals surface area contributed by atoms with E-state index < -0.39 is 0 Å². The van der Waals surface area contributed by atoms with Gasteiger partial charge in [-0.1, -0.05) is 31.2 Å². The molecule has 5 rings (SSSR count). The van der Waals surface area contributed by atoms with E-state index in [1.54, 1.807) is 16.5 Å². The summed E-state index contributed by atoms with van der Waals surface area (Å²) in [5.74, 6) is 0.560. The van der Waals surface area contributed by atoms with Crippen molar-refractivity contribution in [3.05, 3.63) is 75.3 Å². The molecule has 2 aromatic heterocycles. The molecule has 0 bridgehead atoms. The lowest BCUT2D eigenvalue weighted by Crippen LogP contribution is -2.37. The van der Waals surface area contributed by atoms with Gasteiger partial charge in [-0.2, -0.15) is 0 Å². The average molecular weight is 489 g/mol. The lowest BCUT2D eigenvalue weighted by atomic mass is 10.0. The van der Waals surface area contributed by atoms with Gasteiger partial charge in [-0.05, 0) is 55.1 Å². The Morgan fingerprint density at radius 1 is 1.08 bits per heavy atom. The summed E-state index contributed by atoms with van der Waals surface area (Å²) in [6.45, 7) is 7.19. The summed E-state index contributed by atoms with van der Waals surface area (Å²) in [6.07, 6.45) is 3.65. The molecule has 1 saturated heterocycles.